The van der Waals surface area contributed by atoms with Crippen molar-refractivity contribution in [2.75, 3.05) is 22.9 Å². The molecule has 3 aromatic rings. The van der Waals surface area contributed by atoms with Crippen LogP contribution < -0.4 is 9.80 Å². The van der Waals surface area contributed by atoms with Gasteiger partial charge in [0, 0.05) is 25.3 Å². The third-order valence-corrected chi connectivity index (χ3v) is 5.82. The highest BCUT2D eigenvalue weighted by molar-refractivity contribution is 6.05. The molecule has 0 unspecified atom stereocenters. The van der Waals surface area contributed by atoms with Crippen molar-refractivity contribution in [2.24, 2.45) is 0 Å². The Bertz CT molecular complexity index is 1010. The summed E-state index contributed by atoms with van der Waals surface area (Å²) in [6.07, 6.45) is 4.91. The zero-order chi connectivity index (χ0) is 18.9. The smallest absolute Gasteiger partial charge is 0.276 e. The molecule has 0 aliphatic carbocycles. The van der Waals surface area contributed by atoms with Gasteiger partial charge in [-0.3, -0.25) is 4.79 Å². The molecule has 140 valence electrons. The fraction of sp³-hybridized carbons (Fsp3) is 0.250. The van der Waals surface area contributed by atoms with Gasteiger partial charge in [-0.2, -0.15) is 0 Å². The third kappa shape index (κ3) is 3.05. The molecule has 3 heterocycles. The summed E-state index contributed by atoms with van der Waals surface area (Å²) in [5.41, 5.74) is 6.66. The van der Waals surface area contributed by atoms with Gasteiger partial charge in [-0.05, 0) is 54.2 Å². The van der Waals surface area contributed by atoms with Crippen molar-refractivity contribution >= 4 is 17.3 Å². The number of benzene rings is 2. The van der Waals surface area contributed by atoms with E-state index in [0.29, 0.717) is 5.69 Å². The normalized spacial score (nSPS) is 15.7. The van der Waals surface area contributed by atoms with Crippen LogP contribution in [-0.4, -0.2) is 24.0 Å². The molecule has 1 amide bonds. The molecule has 0 spiro atoms. The summed E-state index contributed by atoms with van der Waals surface area (Å²) in [5, 5.41) is 0. The number of rotatable bonds is 2. The quantitative estimate of drug-likeness (QED) is 0.678. The molecule has 0 radical (unpaired) electrons. The fourth-order valence-electron chi connectivity index (χ4n) is 4.30. The Kier molecular flexibility index (Phi) is 4.32. The Labute approximate surface area is 165 Å². The summed E-state index contributed by atoms with van der Waals surface area (Å²) in [5.74, 6) is -0.0114. The van der Waals surface area contributed by atoms with Gasteiger partial charge in [0.2, 0.25) is 0 Å². The zero-order valence-corrected chi connectivity index (χ0v) is 15.8. The van der Waals surface area contributed by atoms with E-state index in [4.69, 9.17) is 0 Å². The van der Waals surface area contributed by atoms with Crippen LogP contribution in [0, 0.1) is 0 Å². The Morgan fingerprint density at radius 1 is 0.821 bits per heavy atom. The van der Waals surface area contributed by atoms with Crippen molar-refractivity contribution in [3.05, 3.63) is 89.2 Å². The summed E-state index contributed by atoms with van der Waals surface area (Å²) in [6.45, 7) is 2.62. The number of para-hydroxylation sites is 1. The highest BCUT2D eigenvalue weighted by atomic mass is 16.2. The van der Waals surface area contributed by atoms with Crippen LogP contribution in [0.4, 0.5) is 11.4 Å². The van der Waals surface area contributed by atoms with Crippen molar-refractivity contribution in [2.45, 2.75) is 25.8 Å². The van der Waals surface area contributed by atoms with Crippen LogP contribution in [0.1, 0.15) is 33.6 Å². The Morgan fingerprint density at radius 3 is 2.43 bits per heavy atom. The first-order valence-electron chi connectivity index (χ1n) is 9.97. The van der Waals surface area contributed by atoms with E-state index >= 15 is 0 Å². The highest BCUT2D eigenvalue weighted by Crippen LogP contribution is 2.28. The summed E-state index contributed by atoms with van der Waals surface area (Å²) in [4.78, 5) is 21.8. The van der Waals surface area contributed by atoms with E-state index in [2.05, 4.69) is 40.2 Å². The number of aromatic nitrogens is 1. The monoisotopic (exact) mass is 369 g/mol. The number of hydrogen-bond donors (Lipinski definition) is 0. The molecule has 0 saturated heterocycles. The summed E-state index contributed by atoms with van der Waals surface area (Å²) < 4.78 is 0. The number of fused-ring (bicyclic) bond motifs is 2. The first-order chi connectivity index (χ1) is 13.8. The molecular weight excluding hydrogens is 346 g/mol. The first-order valence-corrected chi connectivity index (χ1v) is 9.97. The van der Waals surface area contributed by atoms with Crippen LogP contribution >= 0.6 is 0 Å². The molecule has 28 heavy (non-hydrogen) atoms. The van der Waals surface area contributed by atoms with Gasteiger partial charge in [0.25, 0.3) is 5.91 Å². The predicted molar refractivity (Wildman–Crippen MR) is 112 cm³/mol. The second kappa shape index (κ2) is 7.12. The minimum atomic E-state index is -0.0114. The van der Waals surface area contributed by atoms with Crippen LogP contribution in [0.2, 0.25) is 0 Å². The van der Waals surface area contributed by atoms with Gasteiger partial charge in [-0.1, -0.05) is 42.5 Å². The minimum Gasteiger partial charge on any atom is -0.366 e. The first kappa shape index (κ1) is 17.0. The number of nitrogens with zero attached hydrogens (tertiary/aromatic N) is 3. The molecular formula is C24H23N3O. The van der Waals surface area contributed by atoms with E-state index in [1.807, 2.05) is 41.4 Å². The Morgan fingerprint density at radius 2 is 1.61 bits per heavy atom. The van der Waals surface area contributed by atoms with E-state index < -0.39 is 0 Å². The van der Waals surface area contributed by atoms with Crippen molar-refractivity contribution in [1.82, 2.24) is 4.98 Å². The van der Waals surface area contributed by atoms with E-state index in [0.717, 1.165) is 50.3 Å². The maximum absolute atomic E-state index is 13.1. The average molecular weight is 369 g/mol. The van der Waals surface area contributed by atoms with Crippen LogP contribution in [0.5, 0.6) is 0 Å². The Hall–Kier alpha value is -3.14. The fourth-order valence-corrected chi connectivity index (χ4v) is 4.30. The number of pyridine rings is 1. The van der Waals surface area contributed by atoms with Gasteiger partial charge in [0.1, 0.15) is 5.69 Å². The maximum Gasteiger partial charge on any atom is 0.276 e. The standard InChI is InChI=1S/C24H23N3O/c28-24(27-14-5-9-19-7-3-4-10-23(19)27)22-12-11-21(16-25-22)26-15-13-18-6-1-2-8-20(18)17-26/h1-4,6-8,10-12,16H,5,9,13-15,17H2. The molecule has 1 aromatic heterocycles. The molecule has 0 bridgehead atoms. The van der Waals surface area contributed by atoms with Gasteiger partial charge in [-0.15, -0.1) is 0 Å². The lowest BCUT2D eigenvalue weighted by Crippen LogP contribution is -2.36. The van der Waals surface area contributed by atoms with Crippen molar-refractivity contribution in [3.63, 3.8) is 0 Å². The van der Waals surface area contributed by atoms with Gasteiger partial charge in [0.15, 0.2) is 0 Å². The highest BCUT2D eigenvalue weighted by Gasteiger charge is 2.24. The average Bonchev–Trinajstić information content (AvgIpc) is 2.78. The molecule has 0 N–H and O–H groups in total. The lowest BCUT2D eigenvalue weighted by atomic mass is 9.99. The number of aryl methyl sites for hydroxylation is 1. The second-order valence-electron chi connectivity index (χ2n) is 7.53. The number of carbonyl (C=O) groups excluding carboxylic acids is 1. The molecule has 0 fully saturated rings. The lowest BCUT2D eigenvalue weighted by Gasteiger charge is -2.31. The van der Waals surface area contributed by atoms with Crippen molar-refractivity contribution < 1.29 is 4.79 Å². The largest absolute Gasteiger partial charge is 0.366 e. The van der Waals surface area contributed by atoms with Crippen LogP contribution in [0.25, 0.3) is 0 Å². The predicted octanol–water partition coefficient (Wildman–Crippen LogP) is 4.24. The number of hydrogen-bond acceptors (Lipinski definition) is 3. The van der Waals surface area contributed by atoms with Gasteiger partial charge < -0.3 is 9.80 Å². The molecule has 2 aliphatic rings. The summed E-state index contributed by atoms with van der Waals surface area (Å²) in [6, 6.07) is 20.7. The SMILES string of the molecule is O=C(c1ccc(N2CCc3ccccc3C2)cn1)N1CCCc2ccccc21. The van der Waals surface area contributed by atoms with E-state index in [1.165, 1.54) is 16.7 Å². The van der Waals surface area contributed by atoms with Crippen molar-refractivity contribution in [3.8, 4) is 0 Å². The maximum atomic E-state index is 13.1. The van der Waals surface area contributed by atoms with E-state index in [-0.39, 0.29) is 5.91 Å². The minimum absolute atomic E-state index is 0.0114. The van der Waals surface area contributed by atoms with Gasteiger partial charge in [0.05, 0.1) is 11.9 Å². The van der Waals surface area contributed by atoms with Gasteiger partial charge in [-0.25, -0.2) is 4.98 Å². The lowest BCUT2D eigenvalue weighted by molar-refractivity contribution is 0.0980. The van der Waals surface area contributed by atoms with E-state index in [9.17, 15) is 4.79 Å². The van der Waals surface area contributed by atoms with Crippen LogP contribution in [0.15, 0.2) is 66.9 Å². The van der Waals surface area contributed by atoms with Crippen LogP contribution in [0.3, 0.4) is 0 Å². The number of carbonyl (C=O) groups is 1. The molecule has 0 atom stereocenters. The van der Waals surface area contributed by atoms with Crippen LogP contribution in [-0.2, 0) is 19.4 Å². The molecule has 2 aliphatic heterocycles. The second-order valence-corrected chi connectivity index (χ2v) is 7.53. The molecule has 4 nitrogen and oxygen atoms in total. The Balaban J connectivity index is 1.36. The third-order valence-electron chi connectivity index (χ3n) is 5.82. The molecule has 0 saturated carbocycles. The van der Waals surface area contributed by atoms with Gasteiger partial charge >= 0.3 is 0 Å². The molecule has 5 rings (SSSR count). The van der Waals surface area contributed by atoms with Crippen molar-refractivity contribution in [1.29, 1.82) is 0 Å². The molecule has 2 aromatic carbocycles. The number of amides is 1. The zero-order valence-electron chi connectivity index (χ0n) is 15.8. The van der Waals surface area contributed by atoms with E-state index in [1.54, 1.807) is 0 Å². The summed E-state index contributed by atoms with van der Waals surface area (Å²) in [7, 11) is 0. The number of anilines is 2. The summed E-state index contributed by atoms with van der Waals surface area (Å²) >= 11 is 0. The molecule has 4 heteroatoms. The topological polar surface area (TPSA) is 36.4 Å².